The zero-order valence-corrected chi connectivity index (χ0v) is 56.9. The van der Waals surface area contributed by atoms with Crippen molar-refractivity contribution >= 4 is 105 Å². The van der Waals surface area contributed by atoms with E-state index in [-0.39, 0.29) is 126 Å². The Hall–Kier alpha value is -7.81. The van der Waals surface area contributed by atoms with E-state index in [1.165, 1.54) is 48.6 Å². The molecule has 0 spiro atoms. The fourth-order valence-corrected chi connectivity index (χ4v) is 12.4. The van der Waals surface area contributed by atoms with Gasteiger partial charge in [-0.15, -0.1) is 0 Å². The number of cyclic esters (lactones) is 3. The fraction of sp³-hybridized carbons (Fsp3) is 0.485. The van der Waals surface area contributed by atoms with Gasteiger partial charge in [0.2, 0.25) is 28.9 Å². The number of ether oxygens (including phenoxy) is 4. The van der Waals surface area contributed by atoms with Crippen molar-refractivity contribution in [2.24, 2.45) is 0 Å². The van der Waals surface area contributed by atoms with Gasteiger partial charge in [-0.3, -0.25) is 43.5 Å². The molecule has 9 aliphatic rings. The SMILES string of the molecule is CC(=O)NC[C@@H]1OC(=O)N2c3ccc(C4=CCN(C(=O)OC(C)(C)C)CC4)cc3C[C@@H]12.CC(=O)NC[C@@H]1OC(=O)N2c3ccc(C4=CCNCC4)cc3C[C@@H]12.CCC(=O)Cl.CCC(=O)N1CC=C(c2ccc3c(c2)C[C@H]2[C@H](CNC(C)=O)OC(=O)N32)CC1.O=CO[O-].[Na+]. The van der Waals surface area contributed by atoms with Crippen molar-refractivity contribution < 1.29 is 107 Å². The number of carbonyl (C=O) groups is 10. The van der Waals surface area contributed by atoms with Crippen LogP contribution in [-0.4, -0.2) is 170 Å². The largest absolute Gasteiger partial charge is 1.00 e. The van der Waals surface area contributed by atoms with Gasteiger partial charge in [0.1, 0.15) is 23.9 Å². The topological polar surface area (TPSA) is 304 Å². The van der Waals surface area contributed by atoms with Crippen molar-refractivity contribution in [3.63, 3.8) is 0 Å². The molecule has 0 bridgehead atoms. The van der Waals surface area contributed by atoms with Gasteiger partial charge in [0.25, 0.3) is 6.47 Å². The molecule has 3 saturated heterocycles. The van der Waals surface area contributed by atoms with E-state index in [1.807, 2.05) is 62.9 Å². The van der Waals surface area contributed by atoms with Crippen LogP contribution < -0.4 is 70.8 Å². The van der Waals surface area contributed by atoms with Crippen LogP contribution in [-0.2, 0) is 71.9 Å². The van der Waals surface area contributed by atoms with Crippen LogP contribution in [0.2, 0.25) is 0 Å². The molecule has 3 aromatic rings. The Morgan fingerprint density at radius 1 is 0.613 bits per heavy atom. The Balaban J connectivity index is 0.000000185. The molecule has 0 aromatic heterocycles. The molecule has 0 radical (unpaired) electrons. The van der Waals surface area contributed by atoms with Crippen molar-refractivity contribution in [2.75, 3.05) is 73.6 Å². The molecule has 0 unspecified atom stereocenters. The smallest absolute Gasteiger partial charge is 0.662 e. The first-order chi connectivity index (χ1) is 43.9. The Labute approximate surface area is 568 Å². The number of nitrogens with zero attached hydrogens (tertiary/aromatic N) is 5. The quantitative estimate of drug-likeness (QED) is 0.0505. The average molecular weight is 1310 g/mol. The number of amides is 8. The van der Waals surface area contributed by atoms with Crippen molar-refractivity contribution in [3.8, 4) is 0 Å². The number of halogens is 1. The second kappa shape index (κ2) is 32.8. The van der Waals surface area contributed by atoms with E-state index in [4.69, 9.17) is 40.6 Å². The van der Waals surface area contributed by atoms with Gasteiger partial charge in [-0.05, 0) is 164 Å². The fourth-order valence-electron chi connectivity index (χ4n) is 12.4. The summed E-state index contributed by atoms with van der Waals surface area (Å²) >= 11 is 4.82. The maximum absolute atomic E-state index is 12.4. The number of carbonyl (C=O) groups excluding carboxylic acids is 10. The summed E-state index contributed by atoms with van der Waals surface area (Å²) in [5.41, 5.74) is 12.9. The molecule has 0 saturated carbocycles. The van der Waals surface area contributed by atoms with E-state index >= 15 is 0 Å². The molecule has 27 heteroatoms. The number of anilines is 3. The Morgan fingerprint density at radius 2 is 0.978 bits per heavy atom. The molecule has 3 fully saturated rings. The van der Waals surface area contributed by atoms with Crippen LogP contribution in [0.25, 0.3) is 16.7 Å². The molecule has 25 nitrogen and oxygen atoms in total. The van der Waals surface area contributed by atoms with E-state index in [0.717, 1.165) is 84.6 Å². The minimum Gasteiger partial charge on any atom is -0.662 e. The minimum atomic E-state index is -0.507. The summed E-state index contributed by atoms with van der Waals surface area (Å²) in [6.07, 6.45) is 9.87. The van der Waals surface area contributed by atoms with E-state index in [0.29, 0.717) is 65.0 Å². The van der Waals surface area contributed by atoms with Gasteiger partial charge in [0.15, 0.2) is 0 Å². The van der Waals surface area contributed by atoms with Gasteiger partial charge in [-0.2, -0.15) is 0 Å². The maximum Gasteiger partial charge on any atom is 1.00 e. The first-order valence-corrected chi connectivity index (χ1v) is 31.4. The Kier molecular flexibility index (Phi) is 25.6. The number of benzene rings is 3. The van der Waals surface area contributed by atoms with E-state index in [9.17, 15) is 43.2 Å². The van der Waals surface area contributed by atoms with Crippen molar-refractivity contribution in [2.45, 2.75) is 149 Å². The van der Waals surface area contributed by atoms with Gasteiger partial charge in [0.05, 0.1) is 54.8 Å². The first kappa shape index (κ1) is 72.6. The third-order valence-electron chi connectivity index (χ3n) is 16.8. The molecule has 4 N–H and O–H groups in total. The van der Waals surface area contributed by atoms with Gasteiger partial charge < -0.3 is 60.2 Å². The summed E-state index contributed by atoms with van der Waals surface area (Å²) in [5.74, 6) is -0.196. The number of fused-ring (bicyclic) bond motifs is 9. The number of hydrogen-bond acceptors (Lipinski definition) is 17. The van der Waals surface area contributed by atoms with Gasteiger partial charge in [0, 0.05) is 66.3 Å². The second-order valence-electron chi connectivity index (χ2n) is 24.2. The summed E-state index contributed by atoms with van der Waals surface area (Å²) in [5, 5.41) is 19.7. The van der Waals surface area contributed by atoms with Crippen LogP contribution in [0.3, 0.4) is 0 Å². The molecule has 12 rings (SSSR count). The van der Waals surface area contributed by atoms with Crippen molar-refractivity contribution in [1.29, 1.82) is 0 Å². The zero-order valence-electron chi connectivity index (χ0n) is 54.1. The molecular formula is C66H81ClN9NaO16. The maximum atomic E-state index is 12.4. The predicted octanol–water partition coefficient (Wildman–Crippen LogP) is 3.24. The van der Waals surface area contributed by atoms with Gasteiger partial charge in [-0.1, -0.05) is 50.3 Å². The van der Waals surface area contributed by atoms with Crippen LogP contribution in [0.1, 0.15) is 121 Å². The predicted molar refractivity (Wildman–Crippen MR) is 340 cm³/mol. The first-order valence-electron chi connectivity index (χ1n) is 31.0. The summed E-state index contributed by atoms with van der Waals surface area (Å²) in [6, 6.07) is 18.4. The number of rotatable bonds is 12. The summed E-state index contributed by atoms with van der Waals surface area (Å²) in [7, 11) is 0. The van der Waals surface area contributed by atoms with Crippen molar-refractivity contribution in [1.82, 2.24) is 31.1 Å². The normalized spacial score (nSPS) is 21.5. The van der Waals surface area contributed by atoms with Crippen LogP contribution >= 0.6 is 11.6 Å². The molecule has 6 atom stereocenters. The van der Waals surface area contributed by atoms with Crippen molar-refractivity contribution in [3.05, 3.63) is 106 Å². The number of hydrogen-bond donors (Lipinski definition) is 4. The molecule has 93 heavy (non-hydrogen) atoms. The van der Waals surface area contributed by atoms with E-state index in [1.54, 1.807) is 26.5 Å². The Morgan fingerprint density at radius 3 is 1.27 bits per heavy atom. The van der Waals surface area contributed by atoms with Crippen LogP contribution in [0.15, 0.2) is 72.8 Å². The molecule has 8 amide bonds. The second-order valence-corrected chi connectivity index (χ2v) is 24.6. The summed E-state index contributed by atoms with van der Waals surface area (Å²) in [4.78, 5) is 124. The third-order valence-corrected chi connectivity index (χ3v) is 17.1. The summed E-state index contributed by atoms with van der Waals surface area (Å²) < 4.78 is 21.8. The number of nitrogens with one attached hydrogen (secondary N) is 4. The molecule has 9 heterocycles. The summed E-state index contributed by atoms with van der Waals surface area (Å²) in [6.45, 7) is 18.8. The molecule has 9 aliphatic heterocycles. The molecule has 3 aromatic carbocycles. The monoisotopic (exact) mass is 1310 g/mol. The van der Waals surface area contributed by atoms with E-state index < -0.39 is 5.60 Å². The van der Waals surface area contributed by atoms with E-state index in [2.05, 4.69) is 68.6 Å². The molecular weight excluding hydrogens is 1230 g/mol. The van der Waals surface area contributed by atoms with Crippen LogP contribution in [0, 0.1) is 0 Å². The van der Waals surface area contributed by atoms with Crippen LogP contribution in [0.5, 0.6) is 0 Å². The Bertz CT molecular complexity index is 3430. The average Bonchev–Trinajstić information content (AvgIpc) is 1.63. The third kappa shape index (κ3) is 18.3. The van der Waals surface area contributed by atoms with Crippen LogP contribution in [0.4, 0.5) is 36.2 Å². The standard InChI is InChI=1S/C23H29N3O5.C21H25N3O4.C18H21N3O3.C3H5ClO.CH2O3.Na/c1-14(27)24-13-20-19-12-17-11-16(5-6-18(17)26(19)22(29)30-20)15-7-9-25(10-8-15)21(28)31-23(2,3)4;1-3-20(26)23-8-6-14(7-9-23)15-4-5-17-16(10-15)11-18-19(12-22-13(2)25)28-21(27)24(17)18;1-11(22)20-10-17-16-9-14-8-13(12-4-6-19-7-5-12)2-3-15(14)21(16)18(23)24-17;1-2-3(4)5;2-1-4-3;/h5-7,11,19-20H,8-10,12-13H2,1-4H3,(H,24,27);4-6,10,18-19H,3,7-9,11-12H2,1-2H3,(H,22,25);2-4,8,16-17,19H,5-7,9-10H2,1H3,(H,20,22);2H2,1H3;1,3H;/q;;;;;+1/p-1/t19-,20-;18-,19-;16-,17-;;;/m000.../s1. The minimum absolute atomic E-state index is 0. The molecule has 0 aliphatic carbocycles. The van der Waals surface area contributed by atoms with Gasteiger partial charge in [-0.25, -0.2) is 19.2 Å². The molecule has 494 valence electrons. The van der Waals surface area contributed by atoms with Gasteiger partial charge >= 0.3 is 53.9 Å². The zero-order chi connectivity index (χ0) is 66.6.